The molecule has 0 bridgehead atoms. The number of nitrogens with zero attached hydrogens (tertiary/aromatic N) is 2. The molecule has 0 aliphatic carbocycles. The van der Waals surface area contributed by atoms with Gasteiger partial charge in [-0.3, -0.25) is 0 Å². The zero-order valence-corrected chi connectivity index (χ0v) is 10.8. The summed E-state index contributed by atoms with van der Waals surface area (Å²) in [6.07, 6.45) is 3.91. The number of rotatable bonds is 4. The summed E-state index contributed by atoms with van der Waals surface area (Å²) in [5.74, 6) is 0. The minimum Gasteiger partial charge on any atom is -0.381 e. The Morgan fingerprint density at radius 3 is 3.00 bits per heavy atom. The summed E-state index contributed by atoms with van der Waals surface area (Å²) in [7, 11) is 0. The van der Waals surface area contributed by atoms with Crippen LogP contribution in [0.3, 0.4) is 0 Å². The average Bonchev–Trinajstić information content (AvgIpc) is 2.40. The molecule has 0 saturated carbocycles. The van der Waals surface area contributed by atoms with Crippen molar-refractivity contribution in [2.45, 2.75) is 26.3 Å². The second kappa shape index (κ2) is 5.94. The van der Waals surface area contributed by atoms with E-state index in [1.807, 2.05) is 12.1 Å². The predicted molar refractivity (Wildman–Crippen MR) is 68.8 cm³/mol. The van der Waals surface area contributed by atoms with Crippen molar-refractivity contribution in [3.05, 3.63) is 29.6 Å². The van der Waals surface area contributed by atoms with Gasteiger partial charge in [0, 0.05) is 32.5 Å². The number of hydrogen-bond acceptors (Lipinski definition) is 4. The van der Waals surface area contributed by atoms with Gasteiger partial charge >= 0.3 is 0 Å². The van der Waals surface area contributed by atoms with E-state index < -0.39 is 0 Å². The molecule has 0 aromatic carbocycles. The van der Waals surface area contributed by atoms with E-state index in [2.05, 4.69) is 23.3 Å². The van der Waals surface area contributed by atoms with Crippen LogP contribution in [-0.4, -0.2) is 24.7 Å². The third-order valence-electron chi connectivity index (χ3n) is 3.52. The predicted octanol–water partition coefficient (Wildman–Crippen LogP) is 1.86. The number of hydrogen-bond donors (Lipinski definition) is 1. The maximum atomic E-state index is 8.79. The Kier molecular flexibility index (Phi) is 4.29. The van der Waals surface area contributed by atoms with Crippen molar-refractivity contribution in [3.8, 4) is 6.07 Å². The SMILES string of the molecule is CC1(CNCc2ccnc(C#N)c2)CCOCC1. The van der Waals surface area contributed by atoms with Crippen LogP contribution in [0.2, 0.25) is 0 Å². The molecule has 1 N–H and O–H groups in total. The van der Waals surface area contributed by atoms with Crippen LogP contribution in [0.25, 0.3) is 0 Å². The molecule has 2 heterocycles. The lowest BCUT2D eigenvalue weighted by Gasteiger charge is -2.33. The van der Waals surface area contributed by atoms with Crippen LogP contribution in [0.4, 0.5) is 0 Å². The van der Waals surface area contributed by atoms with Crippen molar-refractivity contribution in [2.24, 2.45) is 5.41 Å². The van der Waals surface area contributed by atoms with Gasteiger partial charge in [-0.15, -0.1) is 0 Å². The first-order chi connectivity index (χ1) is 8.72. The van der Waals surface area contributed by atoms with Gasteiger partial charge in [-0.05, 0) is 36.0 Å². The Labute approximate surface area is 108 Å². The molecule has 0 amide bonds. The fraction of sp³-hybridized carbons (Fsp3) is 0.571. The van der Waals surface area contributed by atoms with Crippen molar-refractivity contribution in [1.29, 1.82) is 5.26 Å². The molecular formula is C14H19N3O. The number of aromatic nitrogens is 1. The molecule has 1 fully saturated rings. The third kappa shape index (κ3) is 3.52. The van der Waals surface area contributed by atoms with Crippen LogP contribution < -0.4 is 5.32 Å². The summed E-state index contributed by atoms with van der Waals surface area (Å²) in [5, 5.41) is 12.3. The second-order valence-electron chi connectivity index (χ2n) is 5.19. The van der Waals surface area contributed by atoms with E-state index >= 15 is 0 Å². The molecule has 1 aromatic heterocycles. The monoisotopic (exact) mass is 245 g/mol. The van der Waals surface area contributed by atoms with Crippen LogP contribution in [-0.2, 0) is 11.3 Å². The third-order valence-corrected chi connectivity index (χ3v) is 3.52. The molecule has 4 heteroatoms. The van der Waals surface area contributed by atoms with Crippen molar-refractivity contribution >= 4 is 0 Å². The van der Waals surface area contributed by atoms with Crippen molar-refractivity contribution in [1.82, 2.24) is 10.3 Å². The van der Waals surface area contributed by atoms with Gasteiger partial charge in [-0.1, -0.05) is 6.92 Å². The first kappa shape index (κ1) is 13.0. The number of ether oxygens (including phenoxy) is 1. The quantitative estimate of drug-likeness (QED) is 0.879. The number of pyridine rings is 1. The molecule has 1 aliphatic heterocycles. The molecule has 2 rings (SSSR count). The zero-order chi connectivity index (χ0) is 12.8. The molecule has 1 aliphatic rings. The van der Waals surface area contributed by atoms with Crippen molar-refractivity contribution in [2.75, 3.05) is 19.8 Å². The molecule has 18 heavy (non-hydrogen) atoms. The van der Waals surface area contributed by atoms with Gasteiger partial charge in [0.05, 0.1) is 0 Å². The zero-order valence-electron chi connectivity index (χ0n) is 10.8. The Morgan fingerprint density at radius 1 is 1.50 bits per heavy atom. The van der Waals surface area contributed by atoms with E-state index in [9.17, 15) is 0 Å². The van der Waals surface area contributed by atoms with Crippen molar-refractivity contribution in [3.63, 3.8) is 0 Å². The summed E-state index contributed by atoms with van der Waals surface area (Å²) in [5.41, 5.74) is 1.92. The Morgan fingerprint density at radius 2 is 2.28 bits per heavy atom. The van der Waals surface area contributed by atoms with Crippen LogP contribution in [0.5, 0.6) is 0 Å². The topological polar surface area (TPSA) is 57.9 Å². The van der Waals surface area contributed by atoms with E-state index in [-0.39, 0.29) is 0 Å². The Bertz CT molecular complexity index is 433. The average molecular weight is 245 g/mol. The lowest BCUT2D eigenvalue weighted by Crippen LogP contribution is -2.36. The number of nitriles is 1. The minimum atomic E-state index is 0.337. The fourth-order valence-corrected chi connectivity index (χ4v) is 2.19. The highest BCUT2D eigenvalue weighted by atomic mass is 16.5. The number of nitrogens with one attached hydrogen (secondary N) is 1. The Hall–Kier alpha value is -1.44. The van der Waals surface area contributed by atoms with Gasteiger partial charge in [-0.25, -0.2) is 4.98 Å². The van der Waals surface area contributed by atoms with E-state index in [1.54, 1.807) is 6.20 Å². The maximum absolute atomic E-state index is 8.79. The molecule has 0 spiro atoms. The summed E-state index contributed by atoms with van der Waals surface area (Å²) < 4.78 is 5.39. The Balaban J connectivity index is 1.82. The molecular weight excluding hydrogens is 226 g/mol. The fourth-order valence-electron chi connectivity index (χ4n) is 2.19. The highest BCUT2D eigenvalue weighted by Crippen LogP contribution is 2.28. The van der Waals surface area contributed by atoms with Gasteiger partial charge < -0.3 is 10.1 Å². The first-order valence-corrected chi connectivity index (χ1v) is 6.35. The van der Waals surface area contributed by atoms with Crippen LogP contribution in [0.15, 0.2) is 18.3 Å². The van der Waals surface area contributed by atoms with Gasteiger partial charge in [0.1, 0.15) is 11.8 Å². The summed E-state index contributed by atoms with van der Waals surface area (Å²) in [4.78, 5) is 3.96. The van der Waals surface area contributed by atoms with E-state index in [4.69, 9.17) is 10.00 Å². The summed E-state index contributed by atoms with van der Waals surface area (Å²) >= 11 is 0. The molecule has 0 unspecified atom stereocenters. The van der Waals surface area contributed by atoms with Gasteiger partial charge in [0.2, 0.25) is 0 Å². The maximum Gasteiger partial charge on any atom is 0.140 e. The van der Waals surface area contributed by atoms with Crippen molar-refractivity contribution < 1.29 is 4.74 Å². The normalized spacial score (nSPS) is 18.2. The van der Waals surface area contributed by atoms with Gasteiger partial charge in [0.15, 0.2) is 0 Å². The molecule has 4 nitrogen and oxygen atoms in total. The lowest BCUT2D eigenvalue weighted by molar-refractivity contribution is 0.0240. The standard InChI is InChI=1S/C14H19N3O/c1-14(3-6-18-7-4-14)11-16-10-12-2-5-17-13(8-12)9-15/h2,5,8,16H,3-4,6-7,10-11H2,1H3. The second-order valence-corrected chi connectivity index (χ2v) is 5.19. The molecule has 1 saturated heterocycles. The molecule has 0 atom stereocenters. The van der Waals surface area contributed by atoms with E-state index in [0.29, 0.717) is 11.1 Å². The van der Waals surface area contributed by atoms with Gasteiger partial charge in [0.25, 0.3) is 0 Å². The minimum absolute atomic E-state index is 0.337. The first-order valence-electron chi connectivity index (χ1n) is 6.35. The van der Waals surface area contributed by atoms with E-state index in [1.165, 1.54) is 0 Å². The summed E-state index contributed by atoms with van der Waals surface area (Å²) in [6, 6.07) is 5.84. The van der Waals surface area contributed by atoms with Crippen LogP contribution in [0.1, 0.15) is 31.0 Å². The smallest absolute Gasteiger partial charge is 0.140 e. The lowest BCUT2D eigenvalue weighted by atomic mass is 9.82. The highest BCUT2D eigenvalue weighted by Gasteiger charge is 2.26. The molecule has 0 radical (unpaired) electrons. The highest BCUT2D eigenvalue weighted by molar-refractivity contribution is 5.25. The van der Waals surface area contributed by atoms with Crippen LogP contribution >= 0.6 is 0 Å². The van der Waals surface area contributed by atoms with Gasteiger partial charge in [-0.2, -0.15) is 5.26 Å². The molecule has 1 aromatic rings. The van der Waals surface area contributed by atoms with Crippen LogP contribution in [0, 0.1) is 16.7 Å². The van der Waals surface area contributed by atoms with E-state index in [0.717, 1.165) is 44.7 Å². The largest absolute Gasteiger partial charge is 0.381 e. The summed E-state index contributed by atoms with van der Waals surface area (Å²) in [6.45, 7) is 5.81. The molecule has 96 valence electrons.